The number of esters is 1. The number of benzene rings is 2. The number of ether oxygens (including phenoxy) is 1. The topological polar surface area (TPSA) is 80.0 Å². The lowest BCUT2D eigenvalue weighted by Crippen LogP contribution is -2.47. The number of carbonyl (C=O) groups is 2. The van der Waals surface area contributed by atoms with Gasteiger partial charge in [-0.2, -0.15) is 5.10 Å². The fraction of sp³-hybridized carbons (Fsp3) is 0.250. The van der Waals surface area contributed by atoms with Crippen molar-refractivity contribution in [2.45, 2.75) is 0 Å². The average molecular weight is 462 g/mol. The number of methoxy groups -OCH3 is 1. The van der Waals surface area contributed by atoms with Crippen LogP contribution in [0.1, 0.15) is 20.7 Å². The molecule has 3 heterocycles. The van der Waals surface area contributed by atoms with E-state index in [9.17, 15) is 9.59 Å². The van der Waals surface area contributed by atoms with Gasteiger partial charge in [-0.25, -0.2) is 14.3 Å². The van der Waals surface area contributed by atoms with Crippen LogP contribution in [0.25, 0.3) is 26.8 Å². The molecule has 0 atom stereocenters. The van der Waals surface area contributed by atoms with Crippen LogP contribution in [0.2, 0.25) is 0 Å². The van der Waals surface area contributed by atoms with Gasteiger partial charge in [0.15, 0.2) is 0 Å². The molecule has 1 saturated heterocycles. The molecule has 0 aliphatic carbocycles. The number of rotatable bonds is 4. The molecule has 1 amide bonds. The van der Waals surface area contributed by atoms with Crippen molar-refractivity contribution < 1.29 is 14.3 Å². The first-order chi connectivity index (χ1) is 16.0. The molecule has 8 nitrogen and oxygen atoms in total. The zero-order valence-corrected chi connectivity index (χ0v) is 19.2. The molecule has 1 aliphatic heterocycles. The Bertz CT molecular complexity index is 1300. The molecule has 0 spiro atoms. The standard InChI is InChI=1S/C24H23N5O3S/c1-27-11-13-28(14-12-27)22(30)18-7-5-17(6-8-18)21-26-29-20(15-25-24(29)33-21)16-3-9-19(10-4-16)23(31)32-2/h3-10,15H,11-14H2,1-2H3. The fourth-order valence-corrected chi connectivity index (χ4v) is 4.73. The maximum absolute atomic E-state index is 12.8. The third-order valence-corrected chi connectivity index (χ3v) is 6.83. The van der Waals surface area contributed by atoms with Gasteiger partial charge in [-0.3, -0.25) is 4.79 Å². The number of fused-ring (bicyclic) bond motifs is 1. The highest BCUT2D eigenvalue weighted by atomic mass is 32.1. The van der Waals surface area contributed by atoms with Crippen molar-refractivity contribution in [2.24, 2.45) is 0 Å². The molecular weight excluding hydrogens is 438 g/mol. The van der Waals surface area contributed by atoms with Gasteiger partial charge in [-0.1, -0.05) is 35.6 Å². The van der Waals surface area contributed by atoms with Crippen molar-refractivity contribution in [3.05, 3.63) is 65.9 Å². The second-order valence-electron chi connectivity index (χ2n) is 7.99. The van der Waals surface area contributed by atoms with Crippen LogP contribution >= 0.6 is 11.3 Å². The SMILES string of the molecule is COC(=O)c1ccc(-c2cnc3sc(-c4ccc(C(=O)N5CCN(C)CC5)cc4)nn23)cc1. The van der Waals surface area contributed by atoms with Crippen molar-refractivity contribution in [3.8, 4) is 21.8 Å². The minimum atomic E-state index is -0.370. The van der Waals surface area contributed by atoms with Crippen molar-refractivity contribution in [2.75, 3.05) is 40.3 Å². The maximum Gasteiger partial charge on any atom is 0.337 e. The summed E-state index contributed by atoms with van der Waals surface area (Å²) in [6.45, 7) is 3.31. The summed E-state index contributed by atoms with van der Waals surface area (Å²) in [6.07, 6.45) is 1.77. The Balaban J connectivity index is 1.37. The van der Waals surface area contributed by atoms with Crippen LogP contribution in [0, 0.1) is 0 Å². The Morgan fingerprint density at radius 3 is 2.21 bits per heavy atom. The van der Waals surface area contributed by atoms with Crippen molar-refractivity contribution in [3.63, 3.8) is 0 Å². The molecule has 168 valence electrons. The summed E-state index contributed by atoms with van der Waals surface area (Å²) in [5.74, 6) is -0.299. The molecule has 9 heteroatoms. The van der Waals surface area contributed by atoms with Gasteiger partial charge in [-0.15, -0.1) is 0 Å². The third-order valence-electron chi connectivity index (χ3n) is 5.86. The molecule has 0 bridgehead atoms. The molecule has 0 N–H and O–H groups in total. The third kappa shape index (κ3) is 4.12. The van der Waals surface area contributed by atoms with E-state index in [-0.39, 0.29) is 11.9 Å². The lowest BCUT2D eigenvalue weighted by Gasteiger charge is -2.32. The van der Waals surface area contributed by atoms with Crippen LogP contribution in [0.3, 0.4) is 0 Å². The predicted molar refractivity (Wildman–Crippen MR) is 126 cm³/mol. The Morgan fingerprint density at radius 2 is 1.55 bits per heavy atom. The molecule has 1 aliphatic rings. The summed E-state index contributed by atoms with van der Waals surface area (Å²) in [6, 6.07) is 14.8. The zero-order valence-electron chi connectivity index (χ0n) is 18.4. The lowest BCUT2D eigenvalue weighted by molar-refractivity contribution is 0.0600. The fourth-order valence-electron chi connectivity index (χ4n) is 3.85. The molecule has 2 aromatic heterocycles. The minimum Gasteiger partial charge on any atom is -0.465 e. The first kappa shape index (κ1) is 21.3. The van der Waals surface area contributed by atoms with E-state index in [0.717, 1.165) is 53.0 Å². The summed E-state index contributed by atoms with van der Waals surface area (Å²) < 4.78 is 6.56. The highest BCUT2D eigenvalue weighted by Crippen LogP contribution is 2.29. The van der Waals surface area contributed by atoms with Gasteiger partial charge in [0.1, 0.15) is 5.01 Å². The number of imidazole rings is 1. The van der Waals surface area contributed by atoms with Crippen LogP contribution in [-0.2, 0) is 4.74 Å². The number of hydrogen-bond donors (Lipinski definition) is 0. The van der Waals surface area contributed by atoms with Gasteiger partial charge >= 0.3 is 5.97 Å². The van der Waals surface area contributed by atoms with Crippen LogP contribution in [-0.4, -0.2) is 76.6 Å². The highest BCUT2D eigenvalue weighted by molar-refractivity contribution is 7.19. The summed E-state index contributed by atoms with van der Waals surface area (Å²) in [4.78, 5) is 33.9. The maximum atomic E-state index is 12.8. The van der Waals surface area contributed by atoms with Gasteiger partial charge in [-0.05, 0) is 31.3 Å². The van der Waals surface area contributed by atoms with Crippen LogP contribution < -0.4 is 0 Å². The monoisotopic (exact) mass is 461 g/mol. The van der Waals surface area contributed by atoms with E-state index in [0.29, 0.717) is 11.1 Å². The molecule has 4 aromatic rings. The lowest BCUT2D eigenvalue weighted by atomic mass is 10.1. The number of aromatic nitrogens is 3. The zero-order chi connectivity index (χ0) is 22.9. The van der Waals surface area contributed by atoms with Crippen molar-refractivity contribution in [1.82, 2.24) is 24.4 Å². The Labute approximate surface area is 195 Å². The Morgan fingerprint density at radius 1 is 0.909 bits per heavy atom. The van der Waals surface area contributed by atoms with Crippen LogP contribution in [0.15, 0.2) is 54.7 Å². The molecule has 0 unspecified atom stereocenters. The molecule has 0 radical (unpaired) electrons. The van der Waals surface area contributed by atoms with Gasteiger partial charge in [0.2, 0.25) is 4.96 Å². The first-order valence-corrected chi connectivity index (χ1v) is 11.5. The van der Waals surface area contributed by atoms with Gasteiger partial charge < -0.3 is 14.5 Å². The summed E-state index contributed by atoms with van der Waals surface area (Å²) >= 11 is 1.49. The normalized spacial score (nSPS) is 14.5. The van der Waals surface area contributed by atoms with E-state index in [1.807, 2.05) is 41.3 Å². The molecular formula is C24H23N5O3S. The number of carbonyl (C=O) groups excluding carboxylic acids is 2. The average Bonchev–Trinajstić information content (AvgIpc) is 3.45. The largest absolute Gasteiger partial charge is 0.465 e. The van der Waals surface area contributed by atoms with E-state index < -0.39 is 0 Å². The Kier molecular flexibility index (Phi) is 5.65. The Hall–Kier alpha value is -3.56. The smallest absolute Gasteiger partial charge is 0.337 e. The van der Waals surface area contributed by atoms with E-state index in [1.165, 1.54) is 18.4 Å². The van der Waals surface area contributed by atoms with Crippen molar-refractivity contribution in [1.29, 1.82) is 0 Å². The summed E-state index contributed by atoms with van der Waals surface area (Å²) in [5.41, 5.74) is 3.86. The second-order valence-corrected chi connectivity index (χ2v) is 8.94. The van der Waals surface area contributed by atoms with E-state index in [1.54, 1.807) is 22.8 Å². The summed E-state index contributed by atoms with van der Waals surface area (Å²) in [7, 11) is 3.44. The van der Waals surface area contributed by atoms with Crippen LogP contribution in [0.4, 0.5) is 0 Å². The van der Waals surface area contributed by atoms with Gasteiger partial charge in [0.05, 0.1) is 24.6 Å². The molecule has 1 fully saturated rings. The number of amides is 1. The first-order valence-electron chi connectivity index (χ1n) is 10.6. The predicted octanol–water partition coefficient (Wildman–Crippen LogP) is 3.30. The summed E-state index contributed by atoms with van der Waals surface area (Å²) in [5, 5.41) is 5.57. The number of piperazine rings is 1. The second kappa shape index (κ2) is 8.76. The van der Waals surface area contributed by atoms with E-state index in [2.05, 4.69) is 16.9 Å². The quantitative estimate of drug-likeness (QED) is 0.434. The van der Waals surface area contributed by atoms with Gasteiger partial charge in [0.25, 0.3) is 5.91 Å². The van der Waals surface area contributed by atoms with Crippen LogP contribution in [0.5, 0.6) is 0 Å². The number of nitrogens with zero attached hydrogens (tertiary/aromatic N) is 5. The molecule has 2 aromatic carbocycles. The van der Waals surface area contributed by atoms with Crippen molar-refractivity contribution >= 4 is 28.2 Å². The minimum absolute atomic E-state index is 0.0706. The van der Waals surface area contributed by atoms with Gasteiger partial charge in [0, 0.05) is 42.9 Å². The highest BCUT2D eigenvalue weighted by Gasteiger charge is 2.20. The molecule has 33 heavy (non-hydrogen) atoms. The van der Waals surface area contributed by atoms with E-state index >= 15 is 0 Å². The number of likely N-dealkylation sites (N-methyl/N-ethyl adjacent to an activating group) is 1. The molecule has 5 rings (SSSR count). The van der Waals surface area contributed by atoms with E-state index in [4.69, 9.17) is 9.84 Å². The molecule has 0 saturated carbocycles. The number of hydrogen-bond acceptors (Lipinski definition) is 7.